The van der Waals surface area contributed by atoms with Gasteiger partial charge >= 0.3 is 17.9 Å². The van der Waals surface area contributed by atoms with Crippen LogP contribution in [0.3, 0.4) is 0 Å². The van der Waals surface area contributed by atoms with Crippen molar-refractivity contribution in [2.24, 2.45) is 0 Å². The summed E-state index contributed by atoms with van der Waals surface area (Å²) in [6, 6.07) is 6.94. The van der Waals surface area contributed by atoms with Crippen molar-refractivity contribution in [3.8, 4) is 5.75 Å². The Morgan fingerprint density at radius 1 is 0.852 bits per heavy atom. The van der Waals surface area contributed by atoms with Gasteiger partial charge in [-0.15, -0.1) is 0 Å². The van der Waals surface area contributed by atoms with Crippen molar-refractivity contribution >= 4 is 33.8 Å². The van der Waals surface area contributed by atoms with Gasteiger partial charge in [0, 0.05) is 25.2 Å². The van der Waals surface area contributed by atoms with E-state index in [-0.39, 0.29) is 0 Å². The van der Waals surface area contributed by atoms with E-state index in [9.17, 15) is 14.4 Å². The maximum absolute atomic E-state index is 11.6. The van der Waals surface area contributed by atoms with E-state index in [0.717, 1.165) is 4.47 Å². The van der Waals surface area contributed by atoms with Gasteiger partial charge in [0.1, 0.15) is 5.75 Å². The Kier molecular flexibility index (Phi) is 7.20. The van der Waals surface area contributed by atoms with Crippen molar-refractivity contribution < 1.29 is 38.1 Å². The van der Waals surface area contributed by atoms with Crippen LogP contribution in [0.1, 0.15) is 27.7 Å². The summed E-state index contributed by atoms with van der Waals surface area (Å²) in [4.78, 5) is 34.7. The lowest BCUT2D eigenvalue weighted by Gasteiger charge is -2.43. The van der Waals surface area contributed by atoms with Gasteiger partial charge in [-0.3, -0.25) is 14.4 Å². The van der Waals surface area contributed by atoms with Gasteiger partial charge in [-0.25, -0.2) is 0 Å². The van der Waals surface area contributed by atoms with Gasteiger partial charge < -0.3 is 23.7 Å². The summed E-state index contributed by atoms with van der Waals surface area (Å²) < 4.78 is 28.3. The minimum Gasteiger partial charge on any atom is -0.461 e. The van der Waals surface area contributed by atoms with Crippen LogP contribution in [0.4, 0.5) is 0 Å². The highest BCUT2D eigenvalue weighted by molar-refractivity contribution is 9.10. The number of ether oxygens (including phenoxy) is 5. The second kappa shape index (κ2) is 9.18. The van der Waals surface area contributed by atoms with Gasteiger partial charge in [0.25, 0.3) is 0 Å². The molecule has 1 aromatic carbocycles. The molecule has 148 valence electrons. The predicted octanol–water partition coefficient (Wildman–Crippen LogP) is 2.37. The topological polar surface area (TPSA) is 97.4 Å². The molecule has 0 N–H and O–H groups in total. The standard InChI is InChI=1S/C18H21BrO8/c1-9-15(24-10(2)20)16(25-11(3)21)17(26-12(4)22)18(23-9)27-14-7-5-13(19)6-8-14/h5-9,15-18H,1-4H3/t9-,15+,16+,17-,18-/m0/s1. The van der Waals surface area contributed by atoms with Crippen LogP contribution in [0.5, 0.6) is 5.75 Å². The summed E-state index contributed by atoms with van der Waals surface area (Å²) in [5.41, 5.74) is 0. The molecule has 5 atom stereocenters. The highest BCUT2D eigenvalue weighted by Crippen LogP contribution is 2.30. The lowest BCUT2D eigenvalue weighted by molar-refractivity contribution is -0.280. The largest absolute Gasteiger partial charge is 0.461 e. The second-order valence-electron chi connectivity index (χ2n) is 6.00. The molecule has 0 amide bonds. The third kappa shape index (κ3) is 5.93. The van der Waals surface area contributed by atoms with Crippen LogP contribution in [-0.2, 0) is 33.3 Å². The Hall–Kier alpha value is -2.13. The van der Waals surface area contributed by atoms with Crippen molar-refractivity contribution in [3.63, 3.8) is 0 Å². The number of carbonyl (C=O) groups excluding carboxylic acids is 3. The first-order chi connectivity index (χ1) is 12.7. The molecule has 9 heteroatoms. The Morgan fingerprint density at radius 2 is 1.33 bits per heavy atom. The molecule has 1 aromatic rings. The molecule has 0 aliphatic carbocycles. The zero-order valence-electron chi connectivity index (χ0n) is 15.3. The first-order valence-electron chi connectivity index (χ1n) is 8.26. The fraction of sp³-hybridized carbons (Fsp3) is 0.500. The van der Waals surface area contributed by atoms with Crippen LogP contribution >= 0.6 is 15.9 Å². The van der Waals surface area contributed by atoms with Gasteiger partial charge in [-0.2, -0.15) is 0 Å². The monoisotopic (exact) mass is 444 g/mol. The molecule has 0 bridgehead atoms. The average molecular weight is 445 g/mol. The predicted molar refractivity (Wildman–Crippen MR) is 95.8 cm³/mol. The van der Waals surface area contributed by atoms with Crippen LogP contribution in [0.15, 0.2) is 28.7 Å². The number of benzene rings is 1. The van der Waals surface area contributed by atoms with Crippen molar-refractivity contribution in [3.05, 3.63) is 28.7 Å². The van der Waals surface area contributed by atoms with Crippen LogP contribution < -0.4 is 4.74 Å². The van der Waals surface area contributed by atoms with Crippen molar-refractivity contribution in [2.75, 3.05) is 0 Å². The van der Waals surface area contributed by atoms with Gasteiger partial charge in [0.2, 0.25) is 12.4 Å². The first kappa shape index (κ1) is 21.2. The van der Waals surface area contributed by atoms with Crippen LogP contribution in [0.25, 0.3) is 0 Å². The van der Waals surface area contributed by atoms with Crippen LogP contribution in [-0.4, -0.2) is 48.6 Å². The summed E-state index contributed by atoms with van der Waals surface area (Å²) in [5, 5.41) is 0. The zero-order chi connectivity index (χ0) is 20.1. The van der Waals surface area contributed by atoms with Gasteiger partial charge in [-0.05, 0) is 31.2 Å². The lowest BCUT2D eigenvalue weighted by atomic mass is 9.99. The van der Waals surface area contributed by atoms with E-state index >= 15 is 0 Å². The Morgan fingerprint density at radius 3 is 1.85 bits per heavy atom. The summed E-state index contributed by atoms with van der Waals surface area (Å²) in [7, 11) is 0. The third-order valence-electron chi connectivity index (χ3n) is 3.70. The Labute approximate surface area is 165 Å². The zero-order valence-corrected chi connectivity index (χ0v) is 16.9. The highest BCUT2D eigenvalue weighted by Gasteiger charge is 2.51. The molecule has 0 spiro atoms. The summed E-state index contributed by atoms with van der Waals surface area (Å²) in [6.07, 6.45) is -4.91. The van der Waals surface area contributed by atoms with Gasteiger partial charge in [-0.1, -0.05) is 15.9 Å². The first-order valence-corrected chi connectivity index (χ1v) is 9.06. The number of hydrogen-bond donors (Lipinski definition) is 0. The van der Waals surface area contributed by atoms with Crippen molar-refractivity contribution in [2.45, 2.75) is 58.4 Å². The molecule has 1 aliphatic rings. The van der Waals surface area contributed by atoms with E-state index in [1.807, 2.05) is 0 Å². The molecular weight excluding hydrogens is 424 g/mol. The Bertz CT molecular complexity index is 689. The van der Waals surface area contributed by atoms with Gasteiger partial charge in [0.05, 0.1) is 6.10 Å². The van der Waals surface area contributed by atoms with E-state index in [2.05, 4.69) is 15.9 Å². The molecule has 1 fully saturated rings. The van der Waals surface area contributed by atoms with E-state index in [1.165, 1.54) is 20.8 Å². The molecule has 8 nitrogen and oxygen atoms in total. The fourth-order valence-electron chi connectivity index (χ4n) is 2.71. The minimum absolute atomic E-state index is 0.458. The van der Waals surface area contributed by atoms with Gasteiger partial charge in [0.15, 0.2) is 12.2 Å². The lowest BCUT2D eigenvalue weighted by Crippen LogP contribution is -2.62. The molecular formula is C18H21BrO8. The maximum atomic E-state index is 11.6. The third-order valence-corrected chi connectivity index (χ3v) is 4.23. The molecule has 27 heavy (non-hydrogen) atoms. The smallest absolute Gasteiger partial charge is 0.303 e. The summed E-state index contributed by atoms with van der Waals surface area (Å²) in [6.45, 7) is 5.29. The summed E-state index contributed by atoms with van der Waals surface area (Å²) >= 11 is 3.33. The number of rotatable bonds is 5. The number of halogens is 1. The van der Waals surface area contributed by atoms with Crippen molar-refractivity contribution in [1.82, 2.24) is 0 Å². The number of hydrogen-bond acceptors (Lipinski definition) is 8. The fourth-order valence-corrected chi connectivity index (χ4v) is 2.98. The molecule has 1 aliphatic heterocycles. The minimum atomic E-state index is -1.13. The average Bonchev–Trinajstić information content (AvgIpc) is 2.55. The molecule has 2 rings (SSSR count). The van der Waals surface area contributed by atoms with Crippen LogP contribution in [0.2, 0.25) is 0 Å². The second-order valence-corrected chi connectivity index (χ2v) is 6.92. The van der Waals surface area contributed by atoms with E-state index in [0.29, 0.717) is 5.75 Å². The van der Waals surface area contributed by atoms with Crippen LogP contribution in [0, 0.1) is 0 Å². The normalized spacial score (nSPS) is 27.4. The molecule has 0 saturated carbocycles. The number of carbonyl (C=O) groups is 3. The maximum Gasteiger partial charge on any atom is 0.303 e. The van der Waals surface area contributed by atoms with Crippen molar-refractivity contribution in [1.29, 1.82) is 0 Å². The quantitative estimate of drug-likeness (QED) is 0.504. The van der Waals surface area contributed by atoms with E-state index in [1.54, 1.807) is 31.2 Å². The SMILES string of the molecule is CC(=O)O[C@H]1[C@H](OC(C)=O)[C@H](Oc2ccc(Br)cc2)O[C@@H](C)[C@H]1OC(C)=O. The molecule has 0 unspecified atom stereocenters. The van der Waals surface area contributed by atoms with E-state index < -0.39 is 48.6 Å². The molecule has 0 radical (unpaired) electrons. The Balaban J connectivity index is 2.33. The molecule has 0 aromatic heterocycles. The number of esters is 3. The van der Waals surface area contributed by atoms with E-state index in [4.69, 9.17) is 23.7 Å². The summed E-state index contributed by atoms with van der Waals surface area (Å²) in [5.74, 6) is -1.37. The molecule has 1 heterocycles. The highest BCUT2D eigenvalue weighted by atomic mass is 79.9. The molecule has 1 saturated heterocycles.